The minimum atomic E-state index is 0.00183. The summed E-state index contributed by atoms with van der Waals surface area (Å²) < 4.78 is 19.1. The van der Waals surface area contributed by atoms with Gasteiger partial charge in [0.2, 0.25) is 0 Å². The van der Waals surface area contributed by atoms with E-state index in [9.17, 15) is 0 Å². The monoisotopic (exact) mass is 572 g/mol. The van der Waals surface area contributed by atoms with Crippen molar-refractivity contribution in [2.45, 2.75) is 50.9 Å². The number of piperidine rings is 1. The Labute approximate surface area is 249 Å². The predicted octanol–water partition coefficient (Wildman–Crippen LogP) is 5.12. The van der Waals surface area contributed by atoms with Crippen molar-refractivity contribution in [2.24, 2.45) is 0 Å². The molecule has 5 rings (SSSR count). The summed E-state index contributed by atoms with van der Waals surface area (Å²) in [7, 11) is 3.41. The van der Waals surface area contributed by atoms with Crippen LogP contribution in [-0.4, -0.2) is 84.1 Å². The van der Waals surface area contributed by atoms with Gasteiger partial charge in [-0.1, -0.05) is 67.1 Å². The average Bonchev–Trinajstić information content (AvgIpc) is 3.46. The van der Waals surface area contributed by atoms with Crippen molar-refractivity contribution in [3.05, 3.63) is 83.9 Å². The normalized spacial score (nSPS) is 14.9. The van der Waals surface area contributed by atoms with E-state index in [4.69, 9.17) is 29.2 Å². The maximum Gasteiger partial charge on any atom is 0.165 e. The Morgan fingerprint density at radius 3 is 2.26 bits per heavy atom. The van der Waals surface area contributed by atoms with Crippen LogP contribution in [0.5, 0.6) is 0 Å². The van der Waals surface area contributed by atoms with Gasteiger partial charge in [0.25, 0.3) is 0 Å². The van der Waals surface area contributed by atoms with Gasteiger partial charge < -0.3 is 29.0 Å². The van der Waals surface area contributed by atoms with Gasteiger partial charge in [0.05, 0.1) is 25.6 Å². The highest BCUT2D eigenvalue weighted by Gasteiger charge is 2.19. The van der Waals surface area contributed by atoms with Crippen LogP contribution in [0.25, 0.3) is 11.2 Å². The molecular weight excluding hydrogens is 528 g/mol. The number of hydrogen-bond acceptors (Lipinski definition) is 8. The molecule has 0 aliphatic carbocycles. The Morgan fingerprint density at radius 1 is 0.881 bits per heavy atom. The molecule has 4 aromatic rings. The number of nitrogens with zero attached hydrogens (tertiary/aromatic N) is 5. The molecule has 1 aliphatic heterocycles. The largest absolute Gasteiger partial charge is 0.382 e. The van der Waals surface area contributed by atoms with E-state index in [0.717, 1.165) is 43.0 Å². The Kier molecular flexibility index (Phi) is 11.3. The maximum atomic E-state index is 6.09. The highest BCUT2D eigenvalue weighted by Crippen LogP contribution is 2.27. The van der Waals surface area contributed by atoms with E-state index < -0.39 is 0 Å². The second-order valence-electron chi connectivity index (χ2n) is 10.9. The Morgan fingerprint density at radius 2 is 1.60 bits per heavy atom. The number of imidazole rings is 1. The van der Waals surface area contributed by atoms with Crippen molar-refractivity contribution in [1.29, 1.82) is 0 Å². The van der Waals surface area contributed by atoms with Crippen LogP contribution in [0.1, 0.15) is 48.6 Å². The Balaban J connectivity index is 1.36. The summed E-state index contributed by atoms with van der Waals surface area (Å²) in [5, 5.41) is 3.64. The van der Waals surface area contributed by atoms with Gasteiger partial charge in [-0.2, -0.15) is 0 Å². The molecule has 2 aromatic carbocycles. The van der Waals surface area contributed by atoms with Crippen molar-refractivity contribution in [3.63, 3.8) is 0 Å². The molecule has 0 bridgehead atoms. The zero-order chi connectivity index (χ0) is 29.0. The molecule has 2 aromatic heterocycles. The van der Waals surface area contributed by atoms with Gasteiger partial charge in [-0.15, -0.1) is 0 Å². The van der Waals surface area contributed by atoms with E-state index in [1.165, 1.54) is 30.4 Å². The first kappa shape index (κ1) is 30.1. The van der Waals surface area contributed by atoms with Crippen molar-refractivity contribution in [3.8, 4) is 0 Å². The van der Waals surface area contributed by atoms with Crippen LogP contribution >= 0.6 is 0 Å². The number of likely N-dealkylation sites (tertiary alicyclic amines) is 1. The van der Waals surface area contributed by atoms with Crippen LogP contribution in [0, 0.1) is 0 Å². The number of ether oxygens (including phenoxy) is 3. The minimum absolute atomic E-state index is 0.00183. The summed E-state index contributed by atoms with van der Waals surface area (Å²) in [5.74, 6) is 1.53. The third kappa shape index (κ3) is 8.13. The molecule has 1 saturated heterocycles. The smallest absolute Gasteiger partial charge is 0.165 e. The topological polar surface area (TPSA) is 86.6 Å². The van der Waals surface area contributed by atoms with Crippen molar-refractivity contribution < 1.29 is 14.2 Å². The third-order valence-corrected chi connectivity index (χ3v) is 8.00. The fourth-order valence-electron chi connectivity index (χ4n) is 5.62. The molecule has 1 aliphatic rings. The molecule has 1 atom stereocenters. The van der Waals surface area contributed by atoms with Gasteiger partial charge in [-0.05, 0) is 43.5 Å². The zero-order valence-electron chi connectivity index (χ0n) is 25.0. The molecule has 3 heterocycles. The number of aromatic nitrogens is 4. The summed E-state index contributed by atoms with van der Waals surface area (Å²) in [6.45, 7) is 6.21. The molecule has 9 nitrogen and oxygen atoms in total. The number of methoxy groups -OCH3 is 2. The van der Waals surface area contributed by atoms with Crippen LogP contribution < -0.4 is 5.32 Å². The number of rotatable bonds is 16. The summed E-state index contributed by atoms with van der Waals surface area (Å²) >= 11 is 0. The fourth-order valence-corrected chi connectivity index (χ4v) is 5.62. The molecule has 0 radical (unpaired) electrons. The lowest BCUT2D eigenvalue weighted by molar-refractivity contribution is 0.0212. The van der Waals surface area contributed by atoms with E-state index >= 15 is 0 Å². The molecule has 0 spiro atoms. The Bertz CT molecular complexity index is 1300. The van der Waals surface area contributed by atoms with Gasteiger partial charge in [0, 0.05) is 39.8 Å². The number of nitrogens with one attached hydrogen (secondary N) is 1. The molecule has 42 heavy (non-hydrogen) atoms. The van der Waals surface area contributed by atoms with Crippen LogP contribution in [0.2, 0.25) is 0 Å². The van der Waals surface area contributed by atoms with Crippen LogP contribution in [0.15, 0.2) is 67.0 Å². The minimum Gasteiger partial charge on any atom is -0.382 e. The molecule has 0 amide bonds. The first-order chi connectivity index (χ1) is 20.7. The van der Waals surface area contributed by atoms with Gasteiger partial charge in [0.1, 0.15) is 12.1 Å². The van der Waals surface area contributed by atoms with Gasteiger partial charge >= 0.3 is 0 Å². The van der Waals surface area contributed by atoms with Crippen LogP contribution in [0.4, 0.5) is 5.82 Å². The summed E-state index contributed by atoms with van der Waals surface area (Å²) in [4.78, 5) is 17.1. The number of benzene rings is 2. The summed E-state index contributed by atoms with van der Waals surface area (Å²) in [5.41, 5.74) is 4.05. The fraction of sp³-hybridized carbons (Fsp3) is 0.485. The van der Waals surface area contributed by atoms with Gasteiger partial charge in [0.15, 0.2) is 17.3 Å². The van der Waals surface area contributed by atoms with Crippen molar-refractivity contribution in [1.82, 2.24) is 24.4 Å². The molecule has 1 fully saturated rings. The zero-order valence-corrected chi connectivity index (χ0v) is 25.0. The van der Waals surface area contributed by atoms with E-state index in [1.807, 2.05) is 6.33 Å². The van der Waals surface area contributed by atoms with E-state index in [1.54, 1.807) is 14.2 Å². The first-order valence-corrected chi connectivity index (χ1v) is 15.1. The number of hydrogen-bond donors (Lipinski definition) is 1. The van der Waals surface area contributed by atoms with Crippen molar-refractivity contribution >= 4 is 17.0 Å². The van der Waals surface area contributed by atoms with E-state index in [0.29, 0.717) is 38.7 Å². The van der Waals surface area contributed by atoms with Gasteiger partial charge in [-0.25, -0.2) is 15.0 Å². The quantitative estimate of drug-likeness (QED) is 0.185. The van der Waals surface area contributed by atoms with Crippen LogP contribution in [-0.2, 0) is 27.4 Å². The molecule has 224 valence electrons. The number of anilines is 1. The number of fused-ring (bicyclic) bond motifs is 1. The highest BCUT2D eigenvalue weighted by molar-refractivity contribution is 5.83. The van der Waals surface area contributed by atoms with Crippen LogP contribution in [0.3, 0.4) is 0 Å². The predicted molar refractivity (Wildman–Crippen MR) is 166 cm³/mol. The molecule has 1 unspecified atom stereocenters. The molecule has 9 heteroatoms. The van der Waals surface area contributed by atoms with Crippen molar-refractivity contribution in [2.75, 3.05) is 58.9 Å². The average molecular weight is 573 g/mol. The van der Waals surface area contributed by atoms with E-state index in [2.05, 4.69) is 75.4 Å². The lowest BCUT2D eigenvalue weighted by atomic mass is 9.91. The second kappa shape index (κ2) is 15.7. The third-order valence-electron chi connectivity index (χ3n) is 8.00. The second-order valence-corrected chi connectivity index (χ2v) is 10.9. The first-order valence-electron chi connectivity index (χ1n) is 15.1. The SMILES string of the molecule is COCC(CCn1cnc2c(NCC(c3ccccc3)c3ccccc3)nc(COCCN3CCCCC3)nc21)OC. The molecule has 1 N–H and O–H groups in total. The standard InChI is InChI=1S/C33H44N6O3/c1-40-23-28(41-2)16-19-39-25-35-31-32(34-22-29(26-12-6-3-7-13-26)27-14-8-4-9-15-27)36-30(37-33(31)39)24-42-21-20-38-17-10-5-11-18-38/h3-4,6-9,12-15,25,28-29H,5,10-11,16-24H2,1-2H3,(H,34,36,37). The van der Waals surface area contributed by atoms with Gasteiger partial charge in [-0.3, -0.25) is 0 Å². The highest BCUT2D eigenvalue weighted by atomic mass is 16.5. The Hall–Kier alpha value is -3.37. The summed E-state index contributed by atoms with van der Waals surface area (Å²) in [6, 6.07) is 21.2. The van der Waals surface area contributed by atoms with E-state index in [-0.39, 0.29) is 12.0 Å². The molecular formula is C33H44N6O3. The lowest BCUT2D eigenvalue weighted by Crippen LogP contribution is -2.32. The maximum absolute atomic E-state index is 6.09. The number of aryl methyl sites for hydroxylation is 1. The lowest BCUT2D eigenvalue weighted by Gasteiger charge is -2.26. The summed E-state index contributed by atoms with van der Waals surface area (Å²) in [6.07, 6.45) is 6.52. The molecule has 0 saturated carbocycles.